The Labute approximate surface area is 162 Å². The van der Waals surface area contributed by atoms with Crippen LogP contribution in [0.2, 0.25) is 0 Å². The van der Waals surface area contributed by atoms with Gasteiger partial charge in [0, 0.05) is 18.3 Å². The van der Waals surface area contributed by atoms with Gasteiger partial charge < -0.3 is 19.4 Å². The molecule has 0 aliphatic heterocycles. The molecule has 0 saturated heterocycles. The highest BCUT2D eigenvalue weighted by molar-refractivity contribution is 7.99. The summed E-state index contributed by atoms with van der Waals surface area (Å²) in [6.07, 6.45) is 1.81. The summed E-state index contributed by atoms with van der Waals surface area (Å²) >= 11 is 1.40. The van der Waals surface area contributed by atoms with Crippen LogP contribution in [-0.2, 0) is 11.8 Å². The van der Waals surface area contributed by atoms with E-state index in [1.54, 1.807) is 14.2 Å². The van der Waals surface area contributed by atoms with Crippen LogP contribution in [0.3, 0.4) is 0 Å². The first kappa shape index (κ1) is 18.8. The molecule has 1 aromatic heterocycles. The first-order valence-corrected chi connectivity index (χ1v) is 9.32. The highest BCUT2D eigenvalue weighted by Gasteiger charge is 2.11. The maximum atomic E-state index is 12.2. The van der Waals surface area contributed by atoms with Crippen molar-refractivity contribution in [3.63, 3.8) is 0 Å². The molecule has 1 N–H and O–H groups in total. The Morgan fingerprint density at radius 3 is 2.22 bits per heavy atom. The van der Waals surface area contributed by atoms with Gasteiger partial charge in [0.1, 0.15) is 11.5 Å². The molecule has 0 bridgehead atoms. The summed E-state index contributed by atoms with van der Waals surface area (Å²) < 4.78 is 12.3. The van der Waals surface area contributed by atoms with Crippen LogP contribution in [0, 0.1) is 0 Å². The second kappa shape index (κ2) is 8.64. The van der Waals surface area contributed by atoms with Crippen molar-refractivity contribution in [2.75, 3.05) is 25.3 Å². The lowest BCUT2D eigenvalue weighted by Gasteiger charge is -2.08. The fourth-order valence-corrected chi connectivity index (χ4v) is 3.31. The van der Waals surface area contributed by atoms with Crippen LogP contribution >= 0.6 is 11.8 Å². The third-order valence-corrected chi connectivity index (χ3v) is 5.08. The van der Waals surface area contributed by atoms with Crippen LogP contribution in [0.15, 0.2) is 59.9 Å². The van der Waals surface area contributed by atoms with E-state index in [-0.39, 0.29) is 11.7 Å². The van der Waals surface area contributed by atoms with Gasteiger partial charge in [-0.05, 0) is 48.5 Å². The topological polar surface area (TPSA) is 65.4 Å². The van der Waals surface area contributed by atoms with Crippen LogP contribution in [0.25, 0.3) is 11.3 Å². The molecule has 0 radical (unpaired) electrons. The minimum absolute atomic E-state index is 0.0841. The highest BCUT2D eigenvalue weighted by atomic mass is 32.2. The van der Waals surface area contributed by atoms with Crippen LogP contribution < -0.4 is 14.8 Å². The number of methoxy groups -OCH3 is 2. The summed E-state index contributed by atoms with van der Waals surface area (Å²) in [6, 6.07) is 15.0. The van der Waals surface area contributed by atoms with E-state index in [1.807, 2.05) is 66.3 Å². The molecule has 0 fully saturated rings. The molecular weight excluding hydrogens is 362 g/mol. The molecule has 0 saturated carbocycles. The van der Waals surface area contributed by atoms with Crippen molar-refractivity contribution >= 4 is 23.4 Å². The van der Waals surface area contributed by atoms with Gasteiger partial charge in [0.05, 0.1) is 31.9 Å². The van der Waals surface area contributed by atoms with Crippen molar-refractivity contribution in [1.82, 2.24) is 9.55 Å². The van der Waals surface area contributed by atoms with Gasteiger partial charge in [-0.25, -0.2) is 4.98 Å². The van der Waals surface area contributed by atoms with E-state index >= 15 is 0 Å². The van der Waals surface area contributed by atoms with Gasteiger partial charge >= 0.3 is 0 Å². The molecule has 0 aliphatic carbocycles. The Balaban J connectivity index is 1.60. The summed E-state index contributed by atoms with van der Waals surface area (Å²) in [6.45, 7) is 0. The SMILES string of the molecule is COc1ccc(NC(=O)CSc2ncc(-c3ccc(OC)cc3)n2C)cc1. The smallest absolute Gasteiger partial charge is 0.234 e. The molecule has 0 spiro atoms. The number of hydrogen-bond acceptors (Lipinski definition) is 5. The molecule has 0 aliphatic rings. The lowest BCUT2D eigenvalue weighted by atomic mass is 10.1. The lowest BCUT2D eigenvalue weighted by Crippen LogP contribution is -2.14. The summed E-state index contributed by atoms with van der Waals surface area (Å²) in [5.41, 5.74) is 2.76. The summed E-state index contributed by atoms with van der Waals surface area (Å²) in [5, 5.41) is 3.65. The second-order valence-corrected chi connectivity index (χ2v) is 6.72. The van der Waals surface area contributed by atoms with Crippen molar-refractivity contribution in [3.05, 3.63) is 54.7 Å². The minimum Gasteiger partial charge on any atom is -0.497 e. The molecular formula is C20H21N3O3S. The van der Waals surface area contributed by atoms with Crippen molar-refractivity contribution < 1.29 is 14.3 Å². The predicted octanol–water partition coefficient (Wildman–Crippen LogP) is 3.84. The van der Waals surface area contributed by atoms with E-state index in [1.165, 1.54) is 11.8 Å². The van der Waals surface area contributed by atoms with Gasteiger partial charge in [0.25, 0.3) is 0 Å². The number of hydrogen-bond donors (Lipinski definition) is 1. The molecule has 1 amide bonds. The molecule has 3 rings (SSSR count). The zero-order valence-electron chi connectivity index (χ0n) is 15.4. The number of amides is 1. The monoisotopic (exact) mass is 383 g/mol. The zero-order chi connectivity index (χ0) is 19.2. The number of nitrogens with zero attached hydrogens (tertiary/aromatic N) is 2. The van der Waals surface area contributed by atoms with E-state index in [0.717, 1.165) is 33.6 Å². The molecule has 0 atom stereocenters. The number of ether oxygens (including phenoxy) is 2. The number of aromatic nitrogens is 2. The van der Waals surface area contributed by atoms with Gasteiger partial charge in [-0.3, -0.25) is 4.79 Å². The Morgan fingerprint density at radius 2 is 1.63 bits per heavy atom. The van der Waals surface area contributed by atoms with E-state index in [2.05, 4.69) is 10.3 Å². The minimum atomic E-state index is -0.0841. The Morgan fingerprint density at radius 1 is 1.04 bits per heavy atom. The largest absolute Gasteiger partial charge is 0.497 e. The Hall–Kier alpha value is -2.93. The molecule has 6 nitrogen and oxygen atoms in total. The van der Waals surface area contributed by atoms with Crippen molar-refractivity contribution in [2.45, 2.75) is 5.16 Å². The average molecular weight is 383 g/mol. The average Bonchev–Trinajstić information content (AvgIpc) is 3.07. The molecule has 1 heterocycles. The highest BCUT2D eigenvalue weighted by Crippen LogP contribution is 2.26. The van der Waals surface area contributed by atoms with E-state index in [0.29, 0.717) is 0 Å². The van der Waals surface area contributed by atoms with Gasteiger partial charge in [0.15, 0.2) is 5.16 Å². The molecule has 7 heteroatoms. The Kier molecular flexibility index (Phi) is 6.03. The van der Waals surface area contributed by atoms with Gasteiger partial charge in [0.2, 0.25) is 5.91 Å². The summed E-state index contributed by atoms with van der Waals surface area (Å²) in [4.78, 5) is 16.6. The fraction of sp³-hybridized carbons (Fsp3) is 0.200. The number of thioether (sulfide) groups is 1. The first-order valence-electron chi connectivity index (χ1n) is 8.33. The normalized spacial score (nSPS) is 10.5. The summed E-state index contributed by atoms with van der Waals surface area (Å²) in [5.74, 6) is 1.75. The number of rotatable bonds is 7. The standard InChI is InChI=1S/C20H21N3O3S/c1-23-18(14-4-8-16(25-2)9-5-14)12-21-20(23)27-13-19(24)22-15-6-10-17(26-3)11-7-15/h4-12H,13H2,1-3H3,(H,22,24). The number of imidazole rings is 1. The van der Waals surface area contributed by atoms with Crippen LogP contribution in [0.5, 0.6) is 11.5 Å². The fourth-order valence-electron chi connectivity index (χ4n) is 2.56. The molecule has 2 aromatic carbocycles. The maximum absolute atomic E-state index is 12.2. The predicted molar refractivity (Wildman–Crippen MR) is 108 cm³/mol. The van der Waals surface area contributed by atoms with Gasteiger partial charge in [-0.15, -0.1) is 0 Å². The number of carbonyl (C=O) groups excluding carboxylic acids is 1. The Bertz CT molecular complexity index is 905. The molecule has 27 heavy (non-hydrogen) atoms. The maximum Gasteiger partial charge on any atom is 0.234 e. The molecule has 3 aromatic rings. The number of carbonyl (C=O) groups is 1. The van der Waals surface area contributed by atoms with Crippen molar-refractivity contribution in [2.24, 2.45) is 7.05 Å². The quantitative estimate of drug-likeness (QED) is 0.628. The first-order chi connectivity index (χ1) is 13.1. The number of benzene rings is 2. The third-order valence-electron chi connectivity index (χ3n) is 4.04. The second-order valence-electron chi connectivity index (χ2n) is 5.78. The lowest BCUT2D eigenvalue weighted by molar-refractivity contribution is -0.113. The van der Waals surface area contributed by atoms with Crippen LogP contribution in [-0.4, -0.2) is 35.4 Å². The zero-order valence-corrected chi connectivity index (χ0v) is 16.2. The van der Waals surface area contributed by atoms with Crippen LogP contribution in [0.1, 0.15) is 0 Å². The van der Waals surface area contributed by atoms with E-state index < -0.39 is 0 Å². The van der Waals surface area contributed by atoms with E-state index in [9.17, 15) is 4.79 Å². The van der Waals surface area contributed by atoms with Crippen molar-refractivity contribution in [3.8, 4) is 22.8 Å². The summed E-state index contributed by atoms with van der Waals surface area (Å²) in [7, 11) is 5.19. The third kappa shape index (κ3) is 4.62. The molecule has 0 unspecified atom stereocenters. The van der Waals surface area contributed by atoms with Gasteiger partial charge in [-0.2, -0.15) is 0 Å². The van der Waals surface area contributed by atoms with Crippen LogP contribution in [0.4, 0.5) is 5.69 Å². The molecule has 140 valence electrons. The number of anilines is 1. The van der Waals surface area contributed by atoms with Crippen molar-refractivity contribution in [1.29, 1.82) is 0 Å². The van der Waals surface area contributed by atoms with Gasteiger partial charge in [-0.1, -0.05) is 11.8 Å². The van der Waals surface area contributed by atoms with E-state index in [4.69, 9.17) is 9.47 Å². The number of nitrogens with one attached hydrogen (secondary N) is 1.